The van der Waals surface area contributed by atoms with Crippen LogP contribution in [0.15, 0.2) is 41.5 Å². The molecule has 2 aromatic carbocycles. The summed E-state index contributed by atoms with van der Waals surface area (Å²) in [4.78, 5) is 33.8. The Balaban J connectivity index is 2.28. The maximum absolute atomic E-state index is 12.0. The number of nitrogens with zero attached hydrogens (tertiary/aromatic N) is 2. The van der Waals surface area contributed by atoms with Gasteiger partial charge in [-0.1, -0.05) is 11.6 Å². The number of methoxy groups -OCH3 is 1. The molecule has 0 heterocycles. The minimum Gasteiger partial charge on any atom is -0.488 e. The summed E-state index contributed by atoms with van der Waals surface area (Å²) < 4.78 is 9.91. The van der Waals surface area contributed by atoms with Gasteiger partial charge in [0.2, 0.25) is 5.75 Å². The van der Waals surface area contributed by atoms with E-state index in [-0.39, 0.29) is 17.1 Å². The van der Waals surface area contributed by atoms with Crippen molar-refractivity contribution >= 4 is 35.4 Å². The number of esters is 1. The van der Waals surface area contributed by atoms with Gasteiger partial charge in [0.25, 0.3) is 5.91 Å². The Morgan fingerprint density at radius 1 is 1.22 bits per heavy atom. The van der Waals surface area contributed by atoms with Gasteiger partial charge >= 0.3 is 11.7 Å². The Labute approximate surface area is 158 Å². The smallest absolute Gasteiger partial charge is 0.323 e. The predicted octanol–water partition coefficient (Wildman–Crippen LogP) is 2.95. The van der Waals surface area contributed by atoms with Crippen LogP contribution in [0.3, 0.4) is 0 Å². The normalized spacial score (nSPS) is 10.5. The molecule has 9 nitrogen and oxygen atoms in total. The average Bonchev–Trinajstić information content (AvgIpc) is 2.62. The predicted molar refractivity (Wildman–Crippen MR) is 97.5 cm³/mol. The second-order valence-corrected chi connectivity index (χ2v) is 5.53. The number of hydrazone groups is 1. The molecule has 0 unspecified atom stereocenters. The molecule has 0 saturated heterocycles. The number of nitro benzene ring substituents is 1. The van der Waals surface area contributed by atoms with E-state index in [0.717, 1.165) is 13.1 Å². The van der Waals surface area contributed by atoms with Crippen molar-refractivity contribution < 1.29 is 24.0 Å². The third kappa shape index (κ3) is 5.02. The van der Waals surface area contributed by atoms with E-state index in [1.54, 1.807) is 12.1 Å². The van der Waals surface area contributed by atoms with Crippen LogP contribution in [-0.4, -0.2) is 30.1 Å². The first-order valence-electron chi connectivity index (χ1n) is 7.46. The number of halogens is 1. The van der Waals surface area contributed by atoms with E-state index in [9.17, 15) is 19.7 Å². The fourth-order valence-corrected chi connectivity index (χ4v) is 2.25. The molecule has 0 spiro atoms. The van der Waals surface area contributed by atoms with Crippen molar-refractivity contribution in [2.45, 2.75) is 6.92 Å². The highest BCUT2D eigenvalue weighted by molar-refractivity contribution is 6.30. The SMILES string of the molecule is COc1c(OC(C)=O)ccc(/C=N/NC(=O)c2ccc(Cl)cc2)c1[N+](=O)[O-]. The van der Waals surface area contributed by atoms with Crippen molar-refractivity contribution in [3.63, 3.8) is 0 Å². The summed E-state index contributed by atoms with van der Waals surface area (Å²) in [5.41, 5.74) is 2.16. The molecular weight excluding hydrogens is 378 g/mol. The molecule has 0 fully saturated rings. The number of hydrogen-bond acceptors (Lipinski definition) is 7. The van der Waals surface area contributed by atoms with E-state index >= 15 is 0 Å². The van der Waals surface area contributed by atoms with Crippen LogP contribution in [0.25, 0.3) is 0 Å². The number of hydrogen-bond donors (Lipinski definition) is 1. The number of benzene rings is 2. The minimum atomic E-state index is -0.700. The number of nitro groups is 1. The van der Waals surface area contributed by atoms with Crippen LogP contribution < -0.4 is 14.9 Å². The molecule has 0 aliphatic carbocycles. The summed E-state index contributed by atoms with van der Waals surface area (Å²) in [6.07, 6.45) is 1.09. The summed E-state index contributed by atoms with van der Waals surface area (Å²) in [6, 6.07) is 8.75. The molecule has 2 rings (SSSR count). The summed E-state index contributed by atoms with van der Waals surface area (Å²) in [5.74, 6) is -1.50. The van der Waals surface area contributed by atoms with Crippen LogP contribution in [0.5, 0.6) is 11.5 Å². The van der Waals surface area contributed by atoms with E-state index in [0.29, 0.717) is 10.6 Å². The van der Waals surface area contributed by atoms with Gasteiger partial charge in [-0.3, -0.25) is 19.7 Å². The van der Waals surface area contributed by atoms with Crippen LogP contribution in [0.1, 0.15) is 22.8 Å². The van der Waals surface area contributed by atoms with Crippen LogP contribution in [-0.2, 0) is 4.79 Å². The maximum Gasteiger partial charge on any atom is 0.323 e. The van der Waals surface area contributed by atoms with Gasteiger partial charge in [-0.15, -0.1) is 0 Å². The van der Waals surface area contributed by atoms with Gasteiger partial charge in [0.15, 0.2) is 5.75 Å². The molecule has 0 aliphatic rings. The lowest BCUT2D eigenvalue weighted by atomic mass is 10.1. The van der Waals surface area contributed by atoms with Crippen molar-refractivity contribution in [2.75, 3.05) is 7.11 Å². The van der Waals surface area contributed by atoms with E-state index in [4.69, 9.17) is 21.1 Å². The monoisotopic (exact) mass is 391 g/mol. The zero-order valence-corrected chi connectivity index (χ0v) is 15.0. The van der Waals surface area contributed by atoms with Crippen molar-refractivity contribution in [3.8, 4) is 11.5 Å². The molecule has 0 atom stereocenters. The second-order valence-electron chi connectivity index (χ2n) is 5.09. The molecule has 0 bridgehead atoms. The zero-order valence-electron chi connectivity index (χ0n) is 14.3. The van der Waals surface area contributed by atoms with Crippen molar-refractivity contribution in [3.05, 3.63) is 62.7 Å². The molecular formula is C17H14ClN3O6. The highest BCUT2D eigenvalue weighted by Gasteiger charge is 2.25. The van der Waals surface area contributed by atoms with Gasteiger partial charge in [0.1, 0.15) is 0 Å². The Morgan fingerprint density at radius 2 is 1.89 bits per heavy atom. The average molecular weight is 392 g/mol. The molecule has 0 saturated carbocycles. The van der Waals surface area contributed by atoms with Gasteiger partial charge in [0, 0.05) is 17.5 Å². The standard InChI is InChI=1S/C17H14ClN3O6/c1-10(22)27-14-8-5-12(15(21(24)25)16(14)26-2)9-19-20-17(23)11-3-6-13(18)7-4-11/h3-9H,1-2H3,(H,20,23)/b19-9+. The molecule has 27 heavy (non-hydrogen) atoms. The Morgan fingerprint density at radius 3 is 2.44 bits per heavy atom. The lowest BCUT2D eigenvalue weighted by Gasteiger charge is -2.09. The summed E-state index contributed by atoms with van der Waals surface area (Å²) >= 11 is 5.75. The summed E-state index contributed by atoms with van der Waals surface area (Å²) in [5, 5.41) is 15.6. The first kappa shape index (κ1) is 19.9. The molecule has 0 aliphatic heterocycles. The van der Waals surface area contributed by atoms with Crippen molar-refractivity contribution in [1.29, 1.82) is 0 Å². The summed E-state index contributed by atoms with van der Waals surface area (Å²) in [7, 11) is 1.21. The van der Waals surface area contributed by atoms with Gasteiger partial charge < -0.3 is 9.47 Å². The molecule has 140 valence electrons. The molecule has 1 amide bonds. The van der Waals surface area contributed by atoms with Crippen molar-refractivity contribution in [2.24, 2.45) is 5.10 Å². The zero-order chi connectivity index (χ0) is 20.0. The molecule has 2 aromatic rings. The second kappa shape index (κ2) is 8.77. The van der Waals surface area contributed by atoms with Gasteiger partial charge in [-0.25, -0.2) is 5.43 Å². The van der Waals surface area contributed by atoms with Crippen LogP contribution >= 0.6 is 11.6 Å². The molecule has 0 aromatic heterocycles. The minimum absolute atomic E-state index is 0.0455. The molecule has 1 N–H and O–H groups in total. The first-order valence-corrected chi connectivity index (χ1v) is 7.84. The number of amides is 1. The maximum atomic E-state index is 12.0. The largest absolute Gasteiger partial charge is 0.488 e. The fourth-order valence-electron chi connectivity index (χ4n) is 2.12. The Bertz CT molecular complexity index is 912. The summed E-state index contributed by atoms with van der Waals surface area (Å²) in [6.45, 7) is 1.16. The number of carbonyl (C=O) groups excluding carboxylic acids is 2. The quantitative estimate of drug-likeness (QED) is 0.266. The van der Waals surface area contributed by atoms with Crippen molar-refractivity contribution in [1.82, 2.24) is 5.43 Å². The Kier molecular flexibility index (Phi) is 6.45. The number of nitrogens with one attached hydrogen (secondary N) is 1. The third-order valence-electron chi connectivity index (χ3n) is 3.24. The first-order chi connectivity index (χ1) is 12.8. The highest BCUT2D eigenvalue weighted by atomic mass is 35.5. The lowest BCUT2D eigenvalue weighted by molar-refractivity contribution is -0.385. The highest BCUT2D eigenvalue weighted by Crippen LogP contribution is 2.39. The lowest BCUT2D eigenvalue weighted by Crippen LogP contribution is -2.17. The van der Waals surface area contributed by atoms with E-state index in [1.165, 1.54) is 31.4 Å². The van der Waals surface area contributed by atoms with Crippen LogP contribution in [0.2, 0.25) is 5.02 Å². The van der Waals surface area contributed by atoms with Gasteiger partial charge in [-0.2, -0.15) is 5.10 Å². The van der Waals surface area contributed by atoms with Gasteiger partial charge in [-0.05, 0) is 36.4 Å². The Hall–Kier alpha value is -3.46. The third-order valence-corrected chi connectivity index (χ3v) is 3.50. The molecule has 0 radical (unpaired) electrons. The van der Waals surface area contributed by atoms with E-state index in [2.05, 4.69) is 10.5 Å². The number of ether oxygens (including phenoxy) is 2. The molecule has 10 heteroatoms. The van der Waals surface area contributed by atoms with E-state index < -0.39 is 22.5 Å². The van der Waals surface area contributed by atoms with Crippen LogP contribution in [0.4, 0.5) is 5.69 Å². The number of rotatable bonds is 6. The van der Waals surface area contributed by atoms with Gasteiger partial charge in [0.05, 0.1) is 23.8 Å². The van der Waals surface area contributed by atoms with E-state index in [1.807, 2.05) is 0 Å². The van der Waals surface area contributed by atoms with Crippen LogP contribution in [0, 0.1) is 10.1 Å². The topological polar surface area (TPSA) is 120 Å². The number of carbonyl (C=O) groups is 2. The fraction of sp³-hybridized carbons (Fsp3) is 0.118.